The number of aromatic hydroxyl groups is 1. The molecule has 2 saturated heterocycles. The number of hydrogen-bond donors (Lipinski definition) is 7. The number of anilines is 1. The van der Waals surface area contributed by atoms with Gasteiger partial charge in [-0.1, -0.05) is 42.5 Å². The number of amides is 1. The largest absolute Gasteiger partial charge is 0.494 e. The summed E-state index contributed by atoms with van der Waals surface area (Å²) in [5, 5.41) is 54.1. The number of carbonyl (C=O) groups excluding carboxylic acids is 1. The lowest BCUT2D eigenvalue weighted by atomic mass is 9.79. The molecule has 4 atom stereocenters. The van der Waals surface area contributed by atoms with Crippen molar-refractivity contribution in [3.63, 3.8) is 0 Å². The van der Waals surface area contributed by atoms with E-state index in [0.717, 1.165) is 31.7 Å². The third-order valence-corrected chi connectivity index (χ3v) is 8.74. The lowest BCUT2D eigenvalue weighted by Gasteiger charge is -2.31. The highest BCUT2D eigenvalue weighted by atomic mass is 16.6. The molecule has 2 fully saturated rings. The summed E-state index contributed by atoms with van der Waals surface area (Å²) >= 11 is 0. The molecule has 1 amide bonds. The molecule has 6 rings (SSSR count). The number of carbonyl (C=O) groups is 1. The van der Waals surface area contributed by atoms with Crippen LogP contribution in [-0.2, 0) is 14.1 Å². The number of benzene rings is 3. The Balaban J connectivity index is 1.22. The van der Waals surface area contributed by atoms with Gasteiger partial charge in [0.2, 0.25) is 5.91 Å². The van der Waals surface area contributed by atoms with Crippen LogP contribution < -0.4 is 10.8 Å². The first kappa shape index (κ1) is 33.8. The molecule has 0 radical (unpaired) electrons. The minimum atomic E-state index is -1.61. The molecule has 0 unspecified atom stereocenters. The maximum Gasteiger partial charge on any atom is 0.494 e. The van der Waals surface area contributed by atoms with Crippen molar-refractivity contribution in [2.24, 2.45) is 4.99 Å². The summed E-state index contributed by atoms with van der Waals surface area (Å²) in [6.45, 7) is 3.19. The standard InChI is InChI=1S/C34H40BN5O8/c1-39-13-15-40(16-14-39)18-29(43)36-23-8-10-24(11-9-23)37-31(21-5-3-2-4-6-21)30-25-12-7-22(17-26(25)38-34(30)46)35-47-20-28(48-35)33(45)32(44)27(42)19-41/h2-12,17,27-28,32-33,38,41-42,44-46H,13-16,18-20H2,1H3,(H,36,43)/t27-,28-,32-,33-/m1/s1. The Bertz CT molecular complexity index is 1730. The first-order valence-corrected chi connectivity index (χ1v) is 15.9. The first-order valence-electron chi connectivity index (χ1n) is 15.9. The Kier molecular flexibility index (Phi) is 10.5. The third kappa shape index (κ3) is 7.62. The summed E-state index contributed by atoms with van der Waals surface area (Å²) in [6, 6.07) is 22.1. The van der Waals surface area contributed by atoms with E-state index in [-0.39, 0.29) is 18.4 Å². The van der Waals surface area contributed by atoms with Crippen LogP contribution in [0.15, 0.2) is 77.8 Å². The van der Waals surface area contributed by atoms with Crippen LogP contribution in [0.2, 0.25) is 0 Å². The molecule has 1 aromatic heterocycles. The van der Waals surface area contributed by atoms with Gasteiger partial charge in [-0.05, 0) is 42.8 Å². The lowest BCUT2D eigenvalue weighted by molar-refractivity contribution is -0.117. The normalized spacial score (nSPS) is 19.8. The van der Waals surface area contributed by atoms with Crippen LogP contribution in [0, 0.1) is 0 Å². The number of rotatable bonds is 11. The van der Waals surface area contributed by atoms with Crippen LogP contribution in [0.3, 0.4) is 0 Å². The second-order valence-corrected chi connectivity index (χ2v) is 12.2. The van der Waals surface area contributed by atoms with Crippen LogP contribution >= 0.6 is 0 Å². The molecule has 0 aliphatic carbocycles. The van der Waals surface area contributed by atoms with Crippen LogP contribution in [0.25, 0.3) is 10.9 Å². The minimum absolute atomic E-state index is 0.0378. The lowest BCUT2D eigenvalue weighted by Crippen LogP contribution is -2.47. The summed E-state index contributed by atoms with van der Waals surface area (Å²) in [6.07, 6.45) is -5.52. The van der Waals surface area contributed by atoms with Crippen molar-refractivity contribution in [1.29, 1.82) is 0 Å². The van der Waals surface area contributed by atoms with Gasteiger partial charge in [-0.2, -0.15) is 0 Å². The summed E-state index contributed by atoms with van der Waals surface area (Å²) < 4.78 is 11.6. The van der Waals surface area contributed by atoms with Gasteiger partial charge >= 0.3 is 7.12 Å². The summed E-state index contributed by atoms with van der Waals surface area (Å²) in [7, 11) is 1.21. The van der Waals surface area contributed by atoms with Crippen molar-refractivity contribution in [3.8, 4) is 5.88 Å². The minimum Gasteiger partial charge on any atom is -0.494 e. The van der Waals surface area contributed by atoms with Crippen LogP contribution in [-0.4, -0.2) is 136 Å². The van der Waals surface area contributed by atoms with Gasteiger partial charge < -0.3 is 50.0 Å². The maximum atomic E-state index is 12.7. The SMILES string of the molecule is CN1CCN(CC(=O)Nc2ccc(N=C(c3ccccc3)c3c(O)[nH]c4cc(B5OC[C@H]([C@@H](O)[C@H](O)[C@H](O)CO)O5)ccc34)cc2)CC1. The van der Waals surface area contributed by atoms with E-state index in [0.29, 0.717) is 45.6 Å². The number of fused-ring (bicyclic) bond motifs is 1. The zero-order valence-corrected chi connectivity index (χ0v) is 26.6. The van der Waals surface area contributed by atoms with E-state index in [9.17, 15) is 25.2 Å². The first-order chi connectivity index (χ1) is 23.2. The zero-order chi connectivity index (χ0) is 33.8. The molecular weight excluding hydrogens is 617 g/mol. The number of nitrogens with one attached hydrogen (secondary N) is 2. The van der Waals surface area contributed by atoms with Gasteiger partial charge in [-0.25, -0.2) is 4.99 Å². The molecule has 0 saturated carbocycles. The maximum absolute atomic E-state index is 12.7. The highest BCUT2D eigenvalue weighted by molar-refractivity contribution is 6.62. The number of nitrogens with zero attached hydrogens (tertiary/aromatic N) is 3. The molecule has 4 aromatic rings. The van der Waals surface area contributed by atoms with Gasteiger partial charge in [0, 0.05) is 48.3 Å². The molecule has 3 heterocycles. The molecule has 14 heteroatoms. The van der Waals surface area contributed by atoms with Crippen LogP contribution in [0.4, 0.5) is 11.4 Å². The predicted molar refractivity (Wildman–Crippen MR) is 182 cm³/mol. The van der Waals surface area contributed by atoms with E-state index in [1.54, 1.807) is 24.3 Å². The summed E-state index contributed by atoms with van der Waals surface area (Å²) in [5.74, 6) is -0.151. The number of hydrogen-bond acceptors (Lipinski definition) is 11. The van der Waals surface area contributed by atoms with E-state index in [4.69, 9.17) is 19.4 Å². The van der Waals surface area contributed by atoms with Gasteiger partial charge in [-0.3, -0.25) is 9.69 Å². The highest BCUT2D eigenvalue weighted by Gasteiger charge is 2.41. The van der Waals surface area contributed by atoms with Crippen molar-refractivity contribution < 1.29 is 39.6 Å². The fraction of sp³-hybridized carbons (Fsp3) is 0.353. The Labute approximate surface area is 278 Å². The number of aliphatic hydroxyl groups excluding tert-OH is 4. The Hall–Kier alpha value is -4.12. The second-order valence-electron chi connectivity index (χ2n) is 12.2. The van der Waals surface area contributed by atoms with Gasteiger partial charge in [0.05, 0.1) is 42.8 Å². The quantitative estimate of drug-likeness (QED) is 0.0882. The van der Waals surface area contributed by atoms with Gasteiger partial charge in [-0.15, -0.1) is 0 Å². The summed E-state index contributed by atoms with van der Waals surface area (Å²) in [4.78, 5) is 25.0. The smallest absolute Gasteiger partial charge is 0.494 e. The molecule has 0 spiro atoms. The monoisotopic (exact) mass is 657 g/mol. The fourth-order valence-electron chi connectivity index (χ4n) is 5.93. The molecule has 13 nitrogen and oxygen atoms in total. The summed E-state index contributed by atoms with van der Waals surface area (Å²) in [5.41, 5.74) is 4.30. The predicted octanol–water partition coefficient (Wildman–Crippen LogP) is 0.414. The van der Waals surface area contributed by atoms with Crippen molar-refractivity contribution in [2.45, 2.75) is 24.4 Å². The Morgan fingerprint density at radius 3 is 2.48 bits per heavy atom. The van der Waals surface area contributed by atoms with E-state index in [1.165, 1.54) is 0 Å². The molecule has 0 bridgehead atoms. The van der Waals surface area contributed by atoms with Crippen molar-refractivity contribution >= 4 is 46.5 Å². The number of aliphatic imine (C=N–C) groups is 1. The van der Waals surface area contributed by atoms with E-state index < -0.39 is 38.1 Å². The number of H-pyrrole nitrogens is 1. The highest BCUT2D eigenvalue weighted by Crippen LogP contribution is 2.32. The molecule has 2 aliphatic rings. The molecule has 48 heavy (non-hydrogen) atoms. The van der Waals surface area contributed by atoms with Gasteiger partial charge in [0.1, 0.15) is 18.3 Å². The molecule has 3 aromatic carbocycles. The number of aromatic amines is 1. The number of piperazine rings is 1. The Morgan fingerprint density at radius 2 is 1.77 bits per heavy atom. The van der Waals surface area contributed by atoms with Crippen LogP contribution in [0.5, 0.6) is 5.88 Å². The van der Waals surface area contributed by atoms with Crippen LogP contribution in [0.1, 0.15) is 11.1 Å². The molecule has 7 N–H and O–H groups in total. The number of aliphatic hydroxyl groups is 4. The topological polar surface area (TPSA) is 183 Å². The average Bonchev–Trinajstić information content (AvgIpc) is 3.72. The van der Waals surface area contributed by atoms with Gasteiger partial charge in [0.15, 0.2) is 5.88 Å². The zero-order valence-electron chi connectivity index (χ0n) is 26.6. The Morgan fingerprint density at radius 1 is 1.04 bits per heavy atom. The van der Waals surface area contributed by atoms with E-state index >= 15 is 0 Å². The van der Waals surface area contributed by atoms with E-state index in [1.807, 2.05) is 48.5 Å². The number of aromatic nitrogens is 1. The van der Waals surface area contributed by atoms with Gasteiger partial charge in [0.25, 0.3) is 0 Å². The van der Waals surface area contributed by atoms with Crippen molar-refractivity contribution in [3.05, 3.63) is 83.9 Å². The number of likely N-dealkylation sites (N-methyl/N-ethyl adjacent to an activating group) is 1. The average molecular weight is 658 g/mol. The molecular formula is C34H40BN5O8. The van der Waals surface area contributed by atoms with E-state index in [2.05, 4.69) is 27.1 Å². The molecule has 252 valence electrons. The third-order valence-electron chi connectivity index (χ3n) is 8.74. The van der Waals surface area contributed by atoms with Crippen molar-refractivity contribution in [2.75, 3.05) is 58.3 Å². The van der Waals surface area contributed by atoms with Crippen molar-refractivity contribution in [1.82, 2.24) is 14.8 Å². The fourth-order valence-corrected chi connectivity index (χ4v) is 5.93. The second kappa shape index (κ2) is 15.0. The molecule has 2 aliphatic heterocycles.